The van der Waals surface area contributed by atoms with Crippen molar-refractivity contribution in [3.8, 4) is 11.5 Å². The Morgan fingerprint density at radius 2 is 1.81 bits per heavy atom. The number of amides is 2. The highest BCUT2D eigenvalue weighted by atomic mass is 79.9. The molecule has 2 aromatic carbocycles. The van der Waals surface area contributed by atoms with E-state index in [0.29, 0.717) is 11.5 Å². The predicted molar refractivity (Wildman–Crippen MR) is 105 cm³/mol. The summed E-state index contributed by atoms with van der Waals surface area (Å²) in [5, 5.41) is 0. The second-order valence-corrected chi connectivity index (χ2v) is 7.20. The first-order valence-electron chi connectivity index (χ1n) is 7.75. The van der Waals surface area contributed by atoms with Crippen LogP contribution in [0.4, 0.5) is 0 Å². The van der Waals surface area contributed by atoms with Crippen LogP contribution in [-0.2, 0) is 9.59 Å². The quantitative estimate of drug-likeness (QED) is 0.614. The van der Waals surface area contributed by atoms with Crippen LogP contribution in [0.25, 0.3) is 0 Å². The van der Waals surface area contributed by atoms with E-state index in [-0.39, 0.29) is 6.61 Å². The van der Waals surface area contributed by atoms with Gasteiger partial charge in [0.2, 0.25) is 0 Å². The molecule has 2 aromatic rings. The minimum Gasteiger partial charge on any atom is -0.482 e. The van der Waals surface area contributed by atoms with E-state index in [1.165, 1.54) is 0 Å². The number of carbonyl (C=O) groups excluding carboxylic acids is 2. The van der Waals surface area contributed by atoms with Crippen LogP contribution in [0.3, 0.4) is 0 Å². The second kappa shape index (κ2) is 9.59. The van der Waals surface area contributed by atoms with Gasteiger partial charge in [-0.2, -0.15) is 0 Å². The zero-order valence-electron chi connectivity index (χ0n) is 14.2. The first-order valence-corrected chi connectivity index (χ1v) is 9.34. The molecule has 2 rings (SSSR count). The molecule has 0 aliphatic heterocycles. The highest BCUT2D eigenvalue weighted by Crippen LogP contribution is 2.32. The number of aryl methyl sites for hydroxylation is 1. The number of halogens is 2. The summed E-state index contributed by atoms with van der Waals surface area (Å²) in [4.78, 5) is 23.8. The van der Waals surface area contributed by atoms with Crippen molar-refractivity contribution in [3.63, 3.8) is 0 Å². The average molecular weight is 486 g/mol. The Labute approximate surface area is 168 Å². The molecule has 138 valence electrons. The highest BCUT2D eigenvalue weighted by Gasteiger charge is 2.16. The van der Waals surface area contributed by atoms with Gasteiger partial charge < -0.3 is 9.47 Å². The second-order valence-electron chi connectivity index (χ2n) is 5.43. The van der Waals surface area contributed by atoms with Crippen LogP contribution in [-0.4, -0.2) is 24.5 Å². The maximum absolute atomic E-state index is 12.0. The zero-order valence-corrected chi connectivity index (χ0v) is 17.4. The molecule has 6 nitrogen and oxygen atoms in total. The number of ether oxygens (including phenoxy) is 2. The molecule has 26 heavy (non-hydrogen) atoms. The lowest BCUT2D eigenvalue weighted by molar-refractivity contribution is -0.133. The number of benzene rings is 2. The van der Waals surface area contributed by atoms with Gasteiger partial charge in [0, 0.05) is 4.47 Å². The van der Waals surface area contributed by atoms with E-state index in [9.17, 15) is 9.59 Å². The van der Waals surface area contributed by atoms with Crippen molar-refractivity contribution in [1.29, 1.82) is 0 Å². The van der Waals surface area contributed by atoms with Crippen molar-refractivity contribution in [3.05, 3.63) is 57.0 Å². The Morgan fingerprint density at radius 3 is 2.46 bits per heavy atom. The summed E-state index contributed by atoms with van der Waals surface area (Å²) in [7, 11) is 0. The van der Waals surface area contributed by atoms with Gasteiger partial charge in [0.15, 0.2) is 12.7 Å². The number of nitrogens with one attached hydrogen (secondary N) is 2. The standard InChI is InChI=1S/C18H18Br2N2O4/c1-11-8-13(19)9-15(20)17(11)25-10-16(23)21-22-18(24)12(2)26-14-6-4-3-5-7-14/h3-9,12H,10H2,1-2H3,(H,21,23)(H,22,24). The molecule has 0 aliphatic carbocycles. The Kier molecular flexibility index (Phi) is 7.47. The van der Waals surface area contributed by atoms with Crippen LogP contribution >= 0.6 is 31.9 Å². The summed E-state index contributed by atoms with van der Waals surface area (Å²) in [5.41, 5.74) is 5.48. The van der Waals surface area contributed by atoms with Crippen molar-refractivity contribution in [1.82, 2.24) is 10.9 Å². The first-order chi connectivity index (χ1) is 12.4. The Hall–Kier alpha value is -2.06. The molecule has 0 heterocycles. The van der Waals surface area contributed by atoms with Gasteiger partial charge in [-0.15, -0.1) is 0 Å². The topological polar surface area (TPSA) is 76.7 Å². The number of rotatable bonds is 6. The lowest BCUT2D eigenvalue weighted by Gasteiger charge is -2.15. The predicted octanol–water partition coefficient (Wildman–Crippen LogP) is 3.51. The van der Waals surface area contributed by atoms with Gasteiger partial charge in [-0.3, -0.25) is 20.4 Å². The third-order valence-corrected chi connectivity index (χ3v) is 4.34. The number of hydrogen-bond donors (Lipinski definition) is 2. The van der Waals surface area contributed by atoms with Gasteiger partial charge in [-0.25, -0.2) is 0 Å². The summed E-state index contributed by atoms with van der Waals surface area (Å²) in [6.07, 6.45) is -0.763. The maximum atomic E-state index is 12.0. The largest absolute Gasteiger partial charge is 0.482 e. The van der Waals surface area contributed by atoms with Crippen molar-refractivity contribution in [2.75, 3.05) is 6.61 Å². The monoisotopic (exact) mass is 484 g/mol. The summed E-state index contributed by atoms with van der Waals surface area (Å²) in [6, 6.07) is 12.7. The van der Waals surface area contributed by atoms with E-state index in [1.807, 2.05) is 25.1 Å². The van der Waals surface area contributed by atoms with Gasteiger partial charge in [-0.05, 0) is 59.6 Å². The minimum absolute atomic E-state index is 0.241. The summed E-state index contributed by atoms with van der Waals surface area (Å²) >= 11 is 6.77. The molecule has 0 bridgehead atoms. The first kappa shape index (κ1) is 20.3. The number of hydrazine groups is 1. The molecule has 0 saturated heterocycles. The fourth-order valence-electron chi connectivity index (χ4n) is 2.04. The zero-order chi connectivity index (χ0) is 19.1. The highest BCUT2D eigenvalue weighted by molar-refractivity contribution is 9.11. The summed E-state index contributed by atoms with van der Waals surface area (Å²) < 4.78 is 12.6. The Bertz CT molecular complexity index is 761. The molecule has 0 saturated carbocycles. The molecule has 2 N–H and O–H groups in total. The van der Waals surface area contributed by atoms with Crippen LogP contribution in [0, 0.1) is 6.92 Å². The maximum Gasteiger partial charge on any atom is 0.279 e. The normalized spacial score (nSPS) is 11.4. The molecular weight excluding hydrogens is 468 g/mol. The molecule has 0 radical (unpaired) electrons. The molecule has 0 fully saturated rings. The molecule has 0 aliphatic rings. The van der Waals surface area contributed by atoms with Crippen molar-refractivity contribution >= 4 is 43.7 Å². The third-order valence-electron chi connectivity index (χ3n) is 3.29. The van der Waals surface area contributed by atoms with Gasteiger partial charge in [0.05, 0.1) is 4.47 Å². The van der Waals surface area contributed by atoms with Crippen LogP contribution in [0.1, 0.15) is 12.5 Å². The molecule has 2 amide bonds. The molecule has 1 atom stereocenters. The molecule has 1 unspecified atom stereocenters. The van der Waals surface area contributed by atoms with Gasteiger partial charge in [0.25, 0.3) is 11.8 Å². The minimum atomic E-state index is -0.763. The van der Waals surface area contributed by atoms with Gasteiger partial charge in [0.1, 0.15) is 11.5 Å². The summed E-state index contributed by atoms with van der Waals surface area (Å²) in [6.45, 7) is 3.22. The summed E-state index contributed by atoms with van der Waals surface area (Å²) in [5.74, 6) is 0.179. The smallest absolute Gasteiger partial charge is 0.279 e. The van der Waals surface area contributed by atoms with E-state index in [1.54, 1.807) is 31.2 Å². The van der Waals surface area contributed by atoms with Crippen LogP contribution in [0.2, 0.25) is 0 Å². The van der Waals surface area contributed by atoms with E-state index >= 15 is 0 Å². The van der Waals surface area contributed by atoms with Crippen LogP contribution < -0.4 is 20.3 Å². The van der Waals surface area contributed by atoms with Gasteiger partial charge in [-0.1, -0.05) is 34.1 Å². The lowest BCUT2D eigenvalue weighted by Crippen LogP contribution is -2.48. The number of para-hydroxylation sites is 1. The van der Waals surface area contributed by atoms with Crippen LogP contribution in [0.5, 0.6) is 11.5 Å². The SMILES string of the molecule is Cc1cc(Br)cc(Br)c1OCC(=O)NNC(=O)C(C)Oc1ccccc1. The van der Waals surface area contributed by atoms with E-state index < -0.39 is 17.9 Å². The average Bonchev–Trinajstić information content (AvgIpc) is 2.59. The van der Waals surface area contributed by atoms with E-state index in [4.69, 9.17) is 9.47 Å². The molecular formula is C18H18Br2N2O4. The lowest BCUT2D eigenvalue weighted by atomic mass is 10.2. The Balaban J connectivity index is 1.79. The van der Waals surface area contributed by atoms with Crippen molar-refractivity contribution < 1.29 is 19.1 Å². The van der Waals surface area contributed by atoms with Crippen molar-refractivity contribution in [2.24, 2.45) is 0 Å². The van der Waals surface area contributed by atoms with Crippen LogP contribution in [0.15, 0.2) is 51.4 Å². The third kappa shape index (κ3) is 6.03. The fourth-order valence-corrected chi connectivity index (χ4v) is 3.59. The van der Waals surface area contributed by atoms with Crippen molar-refractivity contribution in [2.45, 2.75) is 20.0 Å². The molecule has 8 heteroatoms. The number of carbonyl (C=O) groups is 2. The molecule has 0 spiro atoms. The fraction of sp³-hybridized carbons (Fsp3) is 0.222. The van der Waals surface area contributed by atoms with E-state index in [2.05, 4.69) is 42.7 Å². The number of hydrogen-bond acceptors (Lipinski definition) is 4. The van der Waals surface area contributed by atoms with Gasteiger partial charge >= 0.3 is 0 Å². The molecule has 0 aromatic heterocycles. The Morgan fingerprint density at radius 1 is 1.12 bits per heavy atom. The van der Waals surface area contributed by atoms with E-state index in [0.717, 1.165) is 14.5 Å².